The number of amides is 2. The number of carbonyl (C=O) groups excluding carboxylic acids is 2. The molecule has 1 fully saturated rings. The van der Waals surface area contributed by atoms with Gasteiger partial charge in [-0.1, -0.05) is 18.2 Å². The van der Waals surface area contributed by atoms with E-state index in [9.17, 15) is 14.7 Å². The zero-order valence-corrected chi connectivity index (χ0v) is 20.1. The average Bonchev–Trinajstić information content (AvgIpc) is 3.32. The van der Waals surface area contributed by atoms with Crippen LogP contribution in [0, 0.1) is 0 Å². The summed E-state index contributed by atoms with van der Waals surface area (Å²) >= 11 is 0. The molecule has 0 bridgehead atoms. The van der Waals surface area contributed by atoms with Crippen LogP contribution in [0.3, 0.4) is 0 Å². The van der Waals surface area contributed by atoms with Gasteiger partial charge in [0.2, 0.25) is 17.7 Å². The number of nitrogens with one attached hydrogen (secondary N) is 1. The first kappa shape index (κ1) is 24.3. The number of nitrogens with zero attached hydrogens (tertiary/aromatic N) is 3. The van der Waals surface area contributed by atoms with Crippen LogP contribution >= 0.6 is 0 Å². The monoisotopic (exact) mass is 506 g/mol. The maximum absolute atomic E-state index is 12.6. The molecule has 0 saturated carbocycles. The number of rotatable bonds is 8. The van der Waals surface area contributed by atoms with Gasteiger partial charge < -0.3 is 29.4 Å². The largest absolute Gasteiger partial charge is 0.481 e. The van der Waals surface area contributed by atoms with E-state index in [0.29, 0.717) is 28.2 Å². The average molecular weight is 507 g/mol. The van der Waals surface area contributed by atoms with E-state index < -0.39 is 24.2 Å². The molecule has 5 rings (SSSR count). The van der Waals surface area contributed by atoms with Crippen LogP contribution in [0.1, 0.15) is 30.9 Å². The van der Waals surface area contributed by atoms with Crippen LogP contribution in [0.2, 0.25) is 0 Å². The minimum absolute atomic E-state index is 0.0732. The molecule has 2 N–H and O–H groups in total. The lowest BCUT2D eigenvalue weighted by Crippen LogP contribution is -2.35. The second-order valence-electron chi connectivity index (χ2n) is 8.60. The van der Waals surface area contributed by atoms with E-state index in [0.717, 1.165) is 18.4 Å². The second kappa shape index (κ2) is 10.7. The summed E-state index contributed by atoms with van der Waals surface area (Å²) in [5.41, 5.74) is 2.47. The Morgan fingerprint density at radius 2 is 2.22 bits per heavy atom. The van der Waals surface area contributed by atoms with Crippen molar-refractivity contribution in [3.63, 3.8) is 0 Å². The van der Waals surface area contributed by atoms with Crippen LogP contribution in [0.15, 0.2) is 72.4 Å². The number of hydrogen-bond acceptors (Lipinski definition) is 9. The molecular formula is C26H26N4O7. The molecule has 11 nitrogen and oxygen atoms in total. The Bertz CT molecular complexity index is 1330. The Kier molecular flexibility index (Phi) is 7.04. The van der Waals surface area contributed by atoms with Gasteiger partial charge in [-0.15, -0.1) is 0 Å². The van der Waals surface area contributed by atoms with Crippen molar-refractivity contribution >= 4 is 23.0 Å². The Hall–Kier alpha value is -4.38. The highest BCUT2D eigenvalue weighted by atomic mass is 16.6. The molecule has 11 heteroatoms. The van der Waals surface area contributed by atoms with Crippen molar-refractivity contribution in [3.8, 4) is 5.88 Å². The first-order valence-electron chi connectivity index (χ1n) is 11.8. The molecule has 1 aliphatic carbocycles. The third kappa shape index (κ3) is 5.41. The topological polar surface area (TPSA) is 132 Å². The number of aliphatic hydroxyl groups is 1. The molecule has 0 aromatic carbocycles. The third-order valence-electron chi connectivity index (χ3n) is 6.09. The van der Waals surface area contributed by atoms with Gasteiger partial charge >= 0.3 is 6.09 Å². The number of hydrogen-bond donors (Lipinski definition) is 2. The van der Waals surface area contributed by atoms with Crippen LogP contribution in [0.5, 0.6) is 5.88 Å². The summed E-state index contributed by atoms with van der Waals surface area (Å²) in [6.45, 7) is 0.242. The maximum Gasteiger partial charge on any atom is 0.417 e. The molecule has 1 unspecified atom stereocenters. The number of cyclic esters (lactones) is 1. The molecule has 3 aliphatic rings. The first-order chi connectivity index (χ1) is 18.0. The SMILES string of the molecule is COc1ccc2nccc(C(O)CC(=O)NC[C@@H]3CN(C4=COC=C(C5=CC=CCC5)O4)C(=O)O3)c2n1. The number of pyridine rings is 2. The molecule has 37 heavy (non-hydrogen) atoms. The summed E-state index contributed by atoms with van der Waals surface area (Å²) in [5, 5.41) is 13.4. The van der Waals surface area contributed by atoms with Gasteiger partial charge in [0.15, 0.2) is 12.0 Å². The highest BCUT2D eigenvalue weighted by molar-refractivity contribution is 5.81. The minimum Gasteiger partial charge on any atom is -0.481 e. The van der Waals surface area contributed by atoms with Gasteiger partial charge in [0.1, 0.15) is 12.4 Å². The first-order valence-corrected chi connectivity index (χ1v) is 11.8. The van der Waals surface area contributed by atoms with Crippen molar-refractivity contribution < 1.29 is 33.6 Å². The lowest BCUT2D eigenvalue weighted by Gasteiger charge is -2.23. The lowest BCUT2D eigenvalue weighted by molar-refractivity contribution is -0.123. The number of aliphatic hydroxyl groups excluding tert-OH is 1. The molecule has 2 aromatic rings. The fourth-order valence-corrected chi connectivity index (χ4v) is 4.19. The highest BCUT2D eigenvalue weighted by Gasteiger charge is 2.36. The molecule has 2 aromatic heterocycles. The van der Waals surface area contributed by atoms with E-state index in [2.05, 4.69) is 21.4 Å². The zero-order chi connectivity index (χ0) is 25.8. The van der Waals surface area contributed by atoms with Crippen molar-refractivity contribution in [1.29, 1.82) is 0 Å². The van der Waals surface area contributed by atoms with Gasteiger partial charge in [0.05, 0.1) is 43.8 Å². The van der Waals surface area contributed by atoms with Gasteiger partial charge in [0, 0.05) is 17.8 Å². The number of allylic oxidation sites excluding steroid dienone is 4. The van der Waals surface area contributed by atoms with Crippen molar-refractivity contribution in [2.45, 2.75) is 31.5 Å². The molecule has 2 amide bonds. The Labute approximate surface area is 212 Å². The Morgan fingerprint density at radius 3 is 3.03 bits per heavy atom. The molecule has 0 radical (unpaired) electrons. The molecule has 192 valence electrons. The Morgan fingerprint density at radius 1 is 1.32 bits per heavy atom. The van der Waals surface area contributed by atoms with Crippen molar-refractivity contribution in [3.05, 3.63) is 77.9 Å². The molecule has 2 atom stereocenters. The lowest BCUT2D eigenvalue weighted by atomic mass is 10.0. The zero-order valence-electron chi connectivity index (χ0n) is 20.1. The smallest absolute Gasteiger partial charge is 0.417 e. The van der Waals surface area contributed by atoms with Gasteiger partial charge in [-0.2, -0.15) is 0 Å². The van der Waals surface area contributed by atoms with E-state index in [1.165, 1.54) is 24.5 Å². The van der Waals surface area contributed by atoms with Crippen molar-refractivity contribution in [1.82, 2.24) is 20.2 Å². The fraction of sp³-hybridized carbons (Fsp3) is 0.308. The van der Waals surface area contributed by atoms with Crippen LogP contribution in [0.4, 0.5) is 4.79 Å². The van der Waals surface area contributed by atoms with E-state index in [1.54, 1.807) is 24.4 Å². The molecule has 1 saturated heterocycles. The number of carbonyl (C=O) groups is 2. The van der Waals surface area contributed by atoms with E-state index in [-0.39, 0.29) is 25.4 Å². The van der Waals surface area contributed by atoms with Gasteiger partial charge in [0.25, 0.3) is 0 Å². The summed E-state index contributed by atoms with van der Waals surface area (Å²) in [6, 6.07) is 5.02. The van der Waals surface area contributed by atoms with E-state index >= 15 is 0 Å². The summed E-state index contributed by atoms with van der Waals surface area (Å²) < 4.78 is 21.8. The van der Waals surface area contributed by atoms with Gasteiger partial charge in [-0.05, 0) is 30.5 Å². The summed E-state index contributed by atoms with van der Waals surface area (Å²) in [4.78, 5) is 34.9. The quantitative estimate of drug-likeness (QED) is 0.554. The second-order valence-corrected chi connectivity index (χ2v) is 8.60. The number of aromatic nitrogens is 2. The number of fused-ring (bicyclic) bond motifs is 1. The number of ether oxygens (including phenoxy) is 4. The minimum atomic E-state index is -1.11. The summed E-state index contributed by atoms with van der Waals surface area (Å²) in [6.07, 6.45) is 9.53. The molecule has 4 heterocycles. The summed E-state index contributed by atoms with van der Waals surface area (Å²) in [5.74, 6) is 0.725. The third-order valence-corrected chi connectivity index (χ3v) is 6.09. The summed E-state index contributed by atoms with van der Waals surface area (Å²) in [7, 11) is 1.50. The van der Waals surface area contributed by atoms with Crippen molar-refractivity contribution in [2.24, 2.45) is 0 Å². The van der Waals surface area contributed by atoms with E-state index in [4.69, 9.17) is 18.9 Å². The van der Waals surface area contributed by atoms with Crippen LogP contribution in [-0.2, 0) is 19.0 Å². The number of methoxy groups -OCH3 is 1. The van der Waals surface area contributed by atoms with Crippen LogP contribution < -0.4 is 10.1 Å². The molecule has 2 aliphatic heterocycles. The molecular weight excluding hydrogens is 480 g/mol. The maximum atomic E-state index is 12.6. The normalized spacial score (nSPS) is 19.7. The highest BCUT2D eigenvalue weighted by Crippen LogP contribution is 2.29. The fourth-order valence-electron chi connectivity index (χ4n) is 4.19. The van der Waals surface area contributed by atoms with Crippen molar-refractivity contribution in [2.75, 3.05) is 20.2 Å². The predicted octanol–water partition coefficient (Wildman–Crippen LogP) is 2.96. The van der Waals surface area contributed by atoms with Gasteiger partial charge in [-0.25, -0.2) is 14.7 Å². The predicted molar refractivity (Wildman–Crippen MR) is 130 cm³/mol. The van der Waals surface area contributed by atoms with Crippen LogP contribution in [0.25, 0.3) is 11.0 Å². The van der Waals surface area contributed by atoms with Crippen LogP contribution in [-0.4, -0.2) is 58.3 Å². The van der Waals surface area contributed by atoms with E-state index in [1.807, 2.05) is 12.2 Å². The Balaban J connectivity index is 1.15. The molecule has 0 spiro atoms. The van der Waals surface area contributed by atoms with Gasteiger partial charge in [-0.3, -0.25) is 9.78 Å². The standard InChI is InChI=1S/C26H26N4O7/c1-34-23-8-7-19-25(29-23)18(9-10-27-19)20(31)11-22(32)28-12-17-13-30(26(33)36-17)24-15-35-14-21(37-24)16-5-3-2-4-6-16/h2-3,5,7-10,14-15,17,20,31H,4,6,11-13H2,1H3,(H,28,32)/t17-,20?/m1/s1.